The van der Waals surface area contributed by atoms with E-state index in [0.29, 0.717) is 0 Å². The first-order valence-corrected chi connectivity index (χ1v) is 1.77. The Labute approximate surface area is 43.8 Å². The number of hydrogen-bond acceptors (Lipinski definition) is 0. The summed E-state index contributed by atoms with van der Waals surface area (Å²) in [6, 6.07) is 0. The van der Waals surface area contributed by atoms with Crippen LogP contribution in [0.2, 0.25) is 0 Å². The number of rotatable bonds is 2. The van der Waals surface area contributed by atoms with E-state index in [9.17, 15) is 17.6 Å². The lowest BCUT2D eigenvalue weighted by Crippen LogP contribution is -1.90. The third kappa shape index (κ3) is 3.64. The first-order chi connectivity index (χ1) is 3.66. The second-order valence-corrected chi connectivity index (χ2v) is 1.03. The third-order valence-corrected chi connectivity index (χ3v) is 0.406. The molecular formula is C4H3F4. The molecule has 1 radical (unpaired) electrons. The average molecular weight is 127 g/mol. The summed E-state index contributed by atoms with van der Waals surface area (Å²) in [4.78, 5) is 0. The number of allylic oxidation sites excluding steroid dienone is 1. The molecule has 0 spiro atoms. The Hall–Kier alpha value is -0.540. The second-order valence-electron chi connectivity index (χ2n) is 1.03. The predicted molar refractivity (Wildman–Crippen MR) is 20.6 cm³/mol. The fraction of sp³-hybridized carbons (Fsp3) is 0.250. The SMILES string of the molecule is F[CH]C(F)C=C(F)F. The average Bonchev–Trinajstić information content (AvgIpc) is 1.65. The monoisotopic (exact) mass is 127 g/mol. The van der Waals surface area contributed by atoms with E-state index in [-0.39, 0.29) is 6.08 Å². The summed E-state index contributed by atoms with van der Waals surface area (Å²) < 4.78 is 44.1. The highest BCUT2D eigenvalue weighted by Gasteiger charge is 2.02. The van der Waals surface area contributed by atoms with Crippen LogP contribution >= 0.6 is 0 Å². The van der Waals surface area contributed by atoms with E-state index in [0.717, 1.165) is 0 Å². The maximum absolute atomic E-state index is 11.4. The topological polar surface area (TPSA) is 0 Å². The highest BCUT2D eigenvalue weighted by Crippen LogP contribution is 2.05. The first-order valence-electron chi connectivity index (χ1n) is 1.77. The Morgan fingerprint density at radius 3 is 2.00 bits per heavy atom. The molecule has 0 aromatic heterocycles. The molecule has 0 nitrogen and oxygen atoms in total. The van der Waals surface area contributed by atoms with E-state index in [2.05, 4.69) is 0 Å². The van der Waals surface area contributed by atoms with Crippen molar-refractivity contribution in [3.63, 3.8) is 0 Å². The van der Waals surface area contributed by atoms with Crippen LogP contribution < -0.4 is 0 Å². The lowest BCUT2D eigenvalue weighted by atomic mass is 10.4. The van der Waals surface area contributed by atoms with Gasteiger partial charge in [0.2, 0.25) is 0 Å². The van der Waals surface area contributed by atoms with E-state index in [1.165, 1.54) is 0 Å². The van der Waals surface area contributed by atoms with Gasteiger partial charge in [0.15, 0.2) is 12.8 Å². The Balaban J connectivity index is 3.51. The standard InChI is InChI=1S/C4H3F4/c5-2-3(6)1-4(7)8/h1-3H. The van der Waals surface area contributed by atoms with Gasteiger partial charge in [0, 0.05) is 6.08 Å². The van der Waals surface area contributed by atoms with Crippen LogP contribution in [-0.2, 0) is 0 Å². The van der Waals surface area contributed by atoms with E-state index < -0.39 is 18.9 Å². The molecule has 0 heterocycles. The van der Waals surface area contributed by atoms with Gasteiger partial charge in [-0.3, -0.25) is 0 Å². The molecule has 8 heavy (non-hydrogen) atoms. The summed E-state index contributed by atoms with van der Waals surface area (Å²) in [5.41, 5.74) is 0. The molecule has 1 unspecified atom stereocenters. The minimum absolute atomic E-state index is 0.125. The van der Waals surface area contributed by atoms with Crippen LogP contribution in [0.15, 0.2) is 12.2 Å². The minimum Gasteiger partial charge on any atom is -0.241 e. The van der Waals surface area contributed by atoms with Crippen molar-refractivity contribution >= 4 is 0 Å². The Bertz CT molecular complexity index is 84.0. The zero-order chi connectivity index (χ0) is 6.57. The molecular weight excluding hydrogens is 124 g/mol. The number of halogens is 4. The normalized spacial score (nSPS) is 13.0. The fourth-order valence-electron chi connectivity index (χ4n) is 0.157. The quantitative estimate of drug-likeness (QED) is 0.499. The van der Waals surface area contributed by atoms with Crippen molar-refractivity contribution in [1.29, 1.82) is 0 Å². The molecule has 4 heteroatoms. The smallest absolute Gasteiger partial charge is 0.241 e. The molecule has 0 amide bonds. The largest absolute Gasteiger partial charge is 0.269 e. The van der Waals surface area contributed by atoms with Crippen molar-refractivity contribution in [3.05, 3.63) is 18.8 Å². The highest BCUT2D eigenvalue weighted by molar-refractivity contribution is 4.92. The molecule has 47 valence electrons. The zero-order valence-electron chi connectivity index (χ0n) is 3.74. The lowest BCUT2D eigenvalue weighted by molar-refractivity contribution is 0.346. The molecule has 0 aliphatic rings. The molecule has 1 atom stereocenters. The van der Waals surface area contributed by atoms with Crippen LogP contribution in [0.5, 0.6) is 0 Å². The minimum atomic E-state index is -2.28. The number of alkyl halides is 1. The molecule has 0 fully saturated rings. The lowest BCUT2D eigenvalue weighted by Gasteiger charge is -1.87. The molecule has 0 aromatic rings. The van der Waals surface area contributed by atoms with Crippen molar-refractivity contribution in [3.8, 4) is 0 Å². The van der Waals surface area contributed by atoms with Gasteiger partial charge in [-0.15, -0.1) is 0 Å². The van der Waals surface area contributed by atoms with E-state index in [4.69, 9.17) is 0 Å². The zero-order valence-corrected chi connectivity index (χ0v) is 3.74. The summed E-state index contributed by atoms with van der Waals surface area (Å²) in [6.45, 7) is -0.459. The van der Waals surface area contributed by atoms with Gasteiger partial charge in [0.25, 0.3) is 6.08 Å². The van der Waals surface area contributed by atoms with Crippen LogP contribution in [0.4, 0.5) is 17.6 Å². The predicted octanol–water partition coefficient (Wildman–Crippen LogP) is 2.24. The Kier molecular flexibility index (Phi) is 3.23. The van der Waals surface area contributed by atoms with Crippen molar-refractivity contribution in [1.82, 2.24) is 0 Å². The fourth-order valence-corrected chi connectivity index (χ4v) is 0.157. The first kappa shape index (κ1) is 7.46. The van der Waals surface area contributed by atoms with Crippen molar-refractivity contribution < 1.29 is 17.6 Å². The Morgan fingerprint density at radius 1 is 1.38 bits per heavy atom. The van der Waals surface area contributed by atoms with Gasteiger partial charge < -0.3 is 0 Å². The molecule has 0 saturated heterocycles. The van der Waals surface area contributed by atoms with Gasteiger partial charge in [-0.05, 0) is 0 Å². The number of hydrogen-bond donors (Lipinski definition) is 0. The van der Waals surface area contributed by atoms with Gasteiger partial charge in [0.1, 0.15) is 0 Å². The summed E-state index contributed by atoms with van der Waals surface area (Å²) in [5, 5.41) is 0. The van der Waals surface area contributed by atoms with Crippen LogP contribution in [-0.4, -0.2) is 6.17 Å². The highest BCUT2D eigenvalue weighted by atomic mass is 19.3. The van der Waals surface area contributed by atoms with Gasteiger partial charge in [-0.2, -0.15) is 8.78 Å². The van der Waals surface area contributed by atoms with E-state index in [1.54, 1.807) is 0 Å². The molecule has 0 rings (SSSR count). The van der Waals surface area contributed by atoms with Crippen molar-refractivity contribution in [2.75, 3.05) is 0 Å². The Morgan fingerprint density at radius 2 is 1.88 bits per heavy atom. The summed E-state index contributed by atoms with van der Waals surface area (Å²) in [7, 11) is 0. The van der Waals surface area contributed by atoms with Crippen molar-refractivity contribution in [2.24, 2.45) is 0 Å². The van der Waals surface area contributed by atoms with Crippen LogP contribution in [0.25, 0.3) is 0 Å². The van der Waals surface area contributed by atoms with Crippen LogP contribution in [0, 0.1) is 6.67 Å². The van der Waals surface area contributed by atoms with Gasteiger partial charge in [-0.1, -0.05) is 0 Å². The maximum Gasteiger partial charge on any atom is 0.269 e. The molecule has 0 saturated carbocycles. The molecule has 0 aliphatic heterocycles. The van der Waals surface area contributed by atoms with Crippen LogP contribution in [0.1, 0.15) is 0 Å². The summed E-state index contributed by atoms with van der Waals surface area (Å²) in [6.07, 6.45) is -4.62. The summed E-state index contributed by atoms with van der Waals surface area (Å²) >= 11 is 0. The molecule has 0 aliphatic carbocycles. The van der Waals surface area contributed by atoms with Gasteiger partial charge in [-0.25, -0.2) is 8.78 Å². The second kappa shape index (κ2) is 3.46. The van der Waals surface area contributed by atoms with Crippen molar-refractivity contribution in [2.45, 2.75) is 6.17 Å². The molecule has 0 bridgehead atoms. The third-order valence-electron chi connectivity index (χ3n) is 0.406. The van der Waals surface area contributed by atoms with Gasteiger partial charge >= 0.3 is 0 Å². The molecule has 0 N–H and O–H groups in total. The molecule has 0 aromatic carbocycles. The van der Waals surface area contributed by atoms with E-state index >= 15 is 0 Å². The maximum atomic E-state index is 11.4. The van der Waals surface area contributed by atoms with E-state index in [1.807, 2.05) is 0 Å². The van der Waals surface area contributed by atoms with Gasteiger partial charge in [0.05, 0.1) is 0 Å². The van der Waals surface area contributed by atoms with Crippen LogP contribution in [0.3, 0.4) is 0 Å². The summed E-state index contributed by atoms with van der Waals surface area (Å²) in [5.74, 6) is 0.